The lowest BCUT2D eigenvalue weighted by Gasteiger charge is -2.35. The van der Waals surface area contributed by atoms with Gasteiger partial charge < -0.3 is 29.7 Å². The number of nitrogens with zero attached hydrogens (tertiary/aromatic N) is 2. The second-order valence-electron chi connectivity index (χ2n) is 10.6. The summed E-state index contributed by atoms with van der Waals surface area (Å²) in [5.41, 5.74) is -0.279. The van der Waals surface area contributed by atoms with Gasteiger partial charge in [0.1, 0.15) is 17.6 Å². The van der Waals surface area contributed by atoms with Gasteiger partial charge in [-0.2, -0.15) is 0 Å². The lowest BCUT2D eigenvalue weighted by Crippen LogP contribution is -2.54. The molecule has 0 aliphatic carbocycles. The van der Waals surface area contributed by atoms with Crippen molar-refractivity contribution in [1.29, 1.82) is 0 Å². The fourth-order valence-electron chi connectivity index (χ4n) is 6.82. The molecule has 0 aromatic heterocycles. The number of aliphatic hydroxyl groups excluding tert-OH is 1. The number of hydrogen-bond donors (Lipinski definition) is 2. The monoisotopic (exact) mass is 515 g/mol. The number of rotatable bonds is 11. The highest BCUT2D eigenvalue weighted by atomic mass is 16.6. The van der Waals surface area contributed by atoms with Crippen LogP contribution in [0.5, 0.6) is 0 Å². The maximum atomic E-state index is 13.9. The van der Waals surface area contributed by atoms with Crippen molar-refractivity contribution in [3.8, 4) is 0 Å². The molecule has 1 aromatic carbocycles. The molecule has 204 valence electrons. The third-order valence-electron chi connectivity index (χ3n) is 8.67. The zero-order valence-corrected chi connectivity index (χ0v) is 22.7. The molecule has 2 bridgehead atoms. The number of hydrogen-bond acceptors (Lipinski definition) is 7. The molecular formula is C28H41N3O6. The van der Waals surface area contributed by atoms with Crippen molar-refractivity contribution in [1.82, 2.24) is 4.90 Å². The summed E-state index contributed by atoms with van der Waals surface area (Å²) < 4.78 is 12.0. The summed E-state index contributed by atoms with van der Waals surface area (Å²) in [5, 5.41) is 12.3. The molecule has 3 heterocycles. The van der Waals surface area contributed by atoms with Crippen molar-refractivity contribution in [2.24, 2.45) is 17.8 Å². The van der Waals surface area contributed by atoms with E-state index in [9.17, 15) is 19.5 Å². The van der Waals surface area contributed by atoms with E-state index >= 15 is 0 Å². The van der Waals surface area contributed by atoms with Gasteiger partial charge >= 0.3 is 5.97 Å². The van der Waals surface area contributed by atoms with E-state index in [4.69, 9.17) is 9.47 Å². The van der Waals surface area contributed by atoms with Gasteiger partial charge in [0.05, 0.1) is 18.1 Å². The molecule has 2 N–H and O–H groups in total. The highest BCUT2D eigenvalue weighted by Crippen LogP contribution is 2.65. The summed E-state index contributed by atoms with van der Waals surface area (Å²) in [6.45, 7) is 12.1. The van der Waals surface area contributed by atoms with Crippen molar-refractivity contribution in [3.05, 3.63) is 24.3 Å². The molecule has 0 saturated carbocycles. The number of fused-ring (bicyclic) bond motifs is 1. The molecule has 4 rings (SSSR count). The lowest BCUT2D eigenvalue weighted by atomic mass is 9.62. The third kappa shape index (κ3) is 4.40. The fraction of sp³-hybridized carbons (Fsp3) is 0.679. The van der Waals surface area contributed by atoms with E-state index in [0.29, 0.717) is 31.5 Å². The summed E-state index contributed by atoms with van der Waals surface area (Å²) in [6, 6.07) is 6.80. The molecule has 9 nitrogen and oxygen atoms in total. The van der Waals surface area contributed by atoms with Gasteiger partial charge in [-0.15, -0.1) is 0 Å². The first kappa shape index (κ1) is 27.4. The van der Waals surface area contributed by atoms with Crippen LogP contribution in [0.25, 0.3) is 0 Å². The standard InChI is InChI=1S/C28H41N3O6/c1-6-30(7-2)20-13-11-19(12-14-20)29-24(33)23-28-17-18(4)27(5,37-28)22(26(35)36-8-3)21(28)25(34)31(23)15-9-10-16-32/h11-14,18,21-23,32H,6-10,15-17H2,1-5H3,(H,29,33)/t18?,21-,22+,23?,27-,28?/m0/s1. The Labute approximate surface area is 219 Å². The second kappa shape index (κ2) is 10.6. The van der Waals surface area contributed by atoms with Crippen molar-refractivity contribution in [2.75, 3.05) is 43.1 Å². The number of anilines is 2. The molecule has 3 aliphatic rings. The van der Waals surface area contributed by atoms with Crippen LogP contribution in [0.4, 0.5) is 11.4 Å². The summed E-state index contributed by atoms with van der Waals surface area (Å²) in [4.78, 5) is 44.7. The Morgan fingerprint density at radius 2 is 1.86 bits per heavy atom. The molecule has 9 heteroatoms. The predicted octanol–water partition coefficient (Wildman–Crippen LogP) is 2.82. The van der Waals surface area contributed by atoms with Crippen molar-refractivity contribution in [3.63, 3.8) is 0 Å². The Morgan fingerprint density at radius 3 is 2.46 bits per heavy atom. The maximum absolute atomic E-state index is 13.9. The number of carbonyl (C=O) groups is 3. The normalized spacial score (nSPS) is 31.9. The summed E-state index contributed by atoms with van der Waals surface area (Å²) in [7, 11) is 0. The average Bonchev–Trinajstić information content (AvgIpc) is 3.38. The van der Waals surface area contributed by atoms with Gasteiger partial charge in [0.25, 0.3) is 0 Å². The van der Waals surface area contributed by atoms with Gasteiger partial charge in [-0.3, -0.25) is 14.4 Å². The van der Waals surface area contributed by atoms with E-state index in [2.05, 4.69) is 24.1 Å². The molecule has 1 spiro atoms. The number of aliphatic hydroxyl groups is 1. The van der Waals surface area contributed by atoms with E-state index in [1.54, 1.807) is 11.8 Å². The minimum atomic E-state index is -1.10. The Kier molecular flexibility index (Phi) is 7.85. The Morgan fingerprint density at radius 1 is 1.19 bits per heavy atom. The smallest absolute Gasteiger partial charge is 0.312 e. The first-order chi connectivity index (χ1) is 17.7. The molecular weight excluding hydrogens is 474 g/mol. The van der Waals surface area contributed by atoms with E-state index in [-0.39, 0.29) is 30.9 Å². The topological polar surface area (TPSA) is 108 Å². The quantitative estimate of drug-likeness (QED) is 0.345. The van der Waals surface area contributed by atoms with E-state index in [1.807, 2.05) is 38.1 Å². The number of amides is 2. The van der Waals surface area contributed by atoms with Gasteiger partial charge in [-0.1, -0.05) is 6.92 Å². The molecule has 3 unspecified atom stereocenters. The SMILES string of the molecule is CCOC(=O)[C@H]1[C@H]2C(=O)N(CCCCO)C(C(=O)Nc3ccc(N(CC)CC)cc3)C23CC(C)[C@]1(C)O3. The highest BCUT2D eigenvalue weighted by Gasteiger charge is 2.80. The van der Waals surface area contributed by atoms with Crippen LogP contribution in [0.1, 0.15) is 53.9 Å². The highest BCUT2D eigenvalue weighted by molar-refractivity contribution is 6.03. The van der Waals surface area contributed by atoms with Gasteiger partial charge in [0.15, 0.2) is 0 Å². The van der Waals surface area contributed by atoms with Crippen molar-refractivity contribution >= 4 is 29.2 Å². The van der Waals surface area contributed by atoms with Crippen LogP contribution < -0.4 is 10.2 Å². The number of carbonyl (C=O) groups excluding carboxylic acids is 3. The minimum absolute atomic E-state index is 0.00338. The number of ether oxygens (including phenoxy) is 2. The van der Waals surface area contributed by atoms with E-state index in [0.717, 1.165) is 18.8 Å². The number of likely N-dealkylation sites (tertiary alicyclic amines) is 1. The molecule has 3 fully saturated rings. The third-order valence-corrected chi connectivity index (χ3v) is 8.67. The minimum Gasteiger partial charge on any atom is -0.466 e. The lowest BCUT2D eigenvalue weighted by molar-refractivity contribution is -0.160. The molecule has 1 aromatic rings. The number of esters is 1. The van der Waals surface area contributed by atoms with Crippen LogP contribution >= 0.6 is 0 Å². The maximum Gasteiger partial charge on any atom is 0.312 e. The van der Waals surface area contributed by atoms with E-state index in [1.165, 1.54) is 0 Å². The van der Waals surface area contributed by atoms with Crippen LogP contribution in [0, 0.1) is 17.8 Å². The molecule has 3 aliphatic heterocycles. The largest absolute Gasteiger partial charge is 0.466 e. The second-order valence-corrected chi connectivity index (χ2v) is 10.6. The van der Waals surface area contributed by atoms with Gasteiger partial charge in [0.2, 0.25) is 11.8 Å². The van der Waals surface area contributed by atoms with Gasteiger partial charge in [0, 0.05) is 37.6 Å². The fourth-order valence-corrected chi connectivity index (χ4v) is 6.82. The average molecular weight is 516 g/mol. The van der Waals surface area contributed by atoms with Crippen LogP contribution in [0.15, 0.2) is 24.3 Å². The zero-order valence-electron chi connectivity index (χ0n) is 22.7. The Hall–Kier alpha value is -2.65. The molecule has 37 heavy (non-hydrogen) atoms. The number of unbranched alkanes of at least 4 members (excludes halogenated alkanes) is 1. The Bertz CT molecular complexity index is 1010. The molecule has 2 amide bonds. The first-order valence-electron chi connectivity index (χ1n) is 13.6. The predicted molar refractivity (Wildman–Crippen MR) is 140 cm³/mol. The van der Waals surface area contributed by atoms with Crippen molar-refractivity contribution in [2.45, 2.75) is 71.1 Å². The van der Waals surface area contributed by atoms with Crippen LogP contribution in [0.3, 0.4) is 0 Å². The number of benzene rings is 1. The van der Waals surface area contributed by atoms with Gasteiger partial charge in [-0.05, 0) is 77.1 Å². The summed E-state index contributed by atoms with van der Waals surface area (Å²) in [5.74, 6) is -2.59. The Balaban J connectivity index is 1.67. The molecule has 0 radical (unpaired) electrons. The van der Waals surface area contributed by atoms with Crippen molar-refractivity contribution < 1.29 is 29.0 Å². The number of nitrogens with one attached hydrogen (secondary N) is 1. The van der Waals surface area contributed by atoms with E-state index < -0.39 is 35.0 Å². The van der Waals surface area contributed by atoms with Crippen LogP contribution in [-0.4, -0.2) is 77.9 Å². The first-order valence-corrected chi connectivity index (χ1v) is 13.6. The molecule has 6 atom stereocenters. The van der Waals surface area contributed by atoms with Crippen LogP contribution in [-0.2, 0) is 23.9 Å². The summed E-state index contributed by atoms with van der Waals surface area (Å²) in [6.07, 6.45) is 1.56. The summed E-state index contributed by atoms with van der Waals surface area (Å²) >= 11 is 0. The van der Waals surface area contributed by atoms with Crippen LogP contribution in [0.2, 0.25) is 0 Å². The molecule has 3 saturated heterocycles. The van der Waals surface area contributed by atoms with Gasteiger partial charge in [-0.25, -0.2) is 0 Å². The zero-order chi connectivity index (χ0) is 27.0.